The van der Waals surface area contributed by atoms with Crippen LogP contribution in [0.25, 0.3) is 11.1 Å². The molecule has 0 bridgehead atoms. The van der Waals surface area contributed by atoms with Gasteiger partial charge in [-0.15, -0.1) is 0 Å². The van der Waals surface area contributed by atoms with E-state index in [2.05, 4.69) is 62.5 Å². The molecule has 2 rings (SSSR count). The third-order valence-corrected chi connectivity index (χ3v) is 4.37. The topological polar surface area (TPSA) is 12.0 Å². The Kier molecular flexibility index (Phi) is 7.09. The predicted octanol–water partition coefficient (Wildman–Crippen LogP) is 7.49. The van der Waals surface area contributed by atoms with E-state index in [9.17, 15) is 0 Å². The molecule has 0 aliphatic heterocycles. The van der Waals surface area contributed by atoms with Crippen molar-refractivity contribution in [1.29, 1.82) is 0 Å². The highest BCUT2D eigenvalue weighted by molar-refractivity contribution is 6.30. The maximum atomic E-state index is 6.19. The summed E-state index contributed by atoms with van der Waals surface area (Å²) in [4.78, 5) is 0. The SMILES string of the molecule is C/C=C\Nc1cc(C(/C=C\CC)=C(/C)c2cccc(Cl)c2)ccc1C. The molecule has 0 saturated heterocycles. The van der Waals surface area contributed by atoms with Gasteiger partial charge in [0.25, 0.3) is 0 Å². The van der Waals surface area contributed by atoms with Crippen LogP contribution in [0.2, 0.25) is 5.02 Å². The zero-order valence-corrected chi connectivity index (χ0v) is 16.2. The maximum Gasteiger partial charge on any atom is 0.0415 e. The molecule has 130 valence electrons. The second-order valence-corrected chi connectivity index (χ2v) is 6.47. The van der Waals surface area contributed by atoms with E-state index >= 15 is 0 Å². The summed E-state index contributed by atoms with van der Waals surface area (Å²) in [5.74, 6) is 0. The molecule has 25 heavy (non-hydrogen) atoms. The van der Waals surface area contributed by atoms with Crippen LogP contribution in [0.3, 0.4) is 0 Å². The van der Waals surface area contributed by atoms with Gasteiger partial charge >= 0.3 is 0 Å². The summed E-state index contributed by atoms with van der Waals surface area (Å²) in [6.45, 7) is 8.42. The Morgan fingerprint density at radius 3 is 2.60 bits per heavy atom. The fraction of sp³-hybridized carbons (Fsp3) is 0.217. The van der Waals surface area contributed by atoms with Gasteiger partial charge in [0, 0.05) is 10.7 Å². The smallest absolute Gasteiger partial charge is 0.0415 e. The van der Waals surface area contributed by atoms with Gasteiger partial charge in [0.1, 0.15) is 0 Å². The van der Waals surface area contributed by atoms with Crippen LogP contribution < -0.4 is 5.32 Å². The fourth-order valence-corrected chi connectivity index (χ4v) is 2.86. The van der Waals surface area contributed by atoms with Crippen molar-refractivity contribution in [1.82, 2.24) is 0 Å². The summed E-state index contributed by atoms with van der Waals surface area (Å²) < 4.78 is 0. The Morgan fingerprint density at radius 1 is 1.12 bits per heavy atom. The molecule has 1 N–H and O–H groups in total. The first kappa shape index (κ1) is 19.1. The lowest BCUT2D eigenvalue weighted by atomic mass is 9.94. The predicted molar refractivity (Wildman–Crippen MR) is 113 cm³/mol. The largest absolute Gasteiger partial charge is 0.362 e. The lowest BCUT2D eigenvalue weighted by molar-refractivity contribution is 1.22. The molecular formula is C23H26ClN. The van der Waals surface area contributed by atoms with Crippen LogP contribution in [0.5, 0.6) is 0 Å². The molecule has 0 aromatic heterocycles. The van der Waals surface area contributed by atoms with Crippen molar-refractivity contribution in [3.05, 3.63) is 88.6 Å². The molecule has 0 unspecified atom stereocenters. The van der Waals surface area contributed by atoms with E-state index in [1.165, 1.54) is 22.3 Å². The minimum Gasteiger partial charge on any atom is -0.362 e. The summed E-state index contributed by atoms with van der Waals surface area (Å²) in [5.41, 5.74) is 7.12. The minimum atomic E-state index is 0.759. The van der Waals surface area contributed by atoms with Gasteiger partial charge in [-0.3, -0.25) is 0 Å². The molecule has 2 aromatic carbocycles. The Balaban J connectivity index is 2.58. The zero-order chi connectivity index (χ0) is 18.2. The number of allylic oxidation sites excluding steroid dienone is 5. The number of nitrogens with one attached hydrogen (secondary N) is 1. The van der Waals surface area contributed by atoms with Crippen LogP contribution in [-0.4, -0.2) is 0 Å². The molecule has 0 amide bonds. The highest BCUT2D eigenvalue weighted by Gasteiger charge is 2.08. The average Bonchev–Trinajstić information content (AvgIpc) is 2.61. The van der Waals surface area contributed by atoms with Crippen LogP contribution >= 0.6 is 11.6 Å². The Morgan fingerprint density at radius 2 is 1.92 bits per heavy atom. The molecule has 2 heteroatoms. The molecule has 0 radical (unpaired) electrons. The summed E-state index contributed by atoms with van der Waals surface area (Å²) in [6, 6.07) is 14.6. The average molecular weight is 352 g/mol. The van der Waals surface area contributed by atoms with E-state index in [1.54, 1.807) is 0 Å². The van der Waals surface area contributed by atoms with Crippen molar-refractivity contribution in [2.75, 3.05) is 5.32 Å². The number of hydrogen-bond donors (Lipinski definition) is 1. The van der Waals surface area contributed by atoms with Crippen molar-refractivity contribution in [2.24, 2.45) is 0 Å². The highest BCUT2D eigenvalue weighted by Crippen LogP contribution is 2.31. The molecule has 1 nitrogen and oxygen atoms in total. The summed E-state index contributed by atoms with van der Waals surface area (Å²) in [7, 11) is 0. The molecule has 0 fully saturated rings. The van der Waals surface area contributed by atoms with E-state index in [0.29, 0.717) is 0 Å². The number of hydrogen-bond acceptors (Lipinski definition) is 1. The first-order valence-corrected chi connectivity index (χ1v) is 9.06. The number of aryl methyl sites for hydroxylation is 1. The fourth-order valence-electron chi connectivity index (χ4n) is 2.67. The van der Waals surface area contributed by atoms with Gasteiger partial charge in [0.2, 0.25) is 0 Å². The number of halogens is 1. The maximum absolute atomic E-state index is 6.19. The molecule has 0 saturated carbocycles. The van der Waals surface area contributed by atoms with Gasteiger partial charge in [-0.1, -0.05) is 61.0 Å². The number of benzene rings is 2. The van der Waals surface area contributed by atoms with Gasteiger partial charge in [-0.25, -0.2) is 0 Å². The first-order chi connectivity index (χ1) is 12.1. The third-order valence-electron chi connectivity index (χ3n) is 4.14. The van der Waals surface area contributed by atoms with Crippen molar-refractivity contribution >= 4 is 28.4 Å². The quantitative estimate of drug-likeness (QED) is 0.420. The molecule has 0 atom stereocenters. The molecule has 2 aromatic rings. The van der Waals surface area contributed by atoms with Crippen LogP contribution in [0.4, 0.5) is 5.69 Å². The second kappa shape index (κ2) is 9.29. The number of rotatable bonds is 6. The standard InChI is InChI=1S/C23H26ClN/c1-5-7-11-22(18(4)19-9-8-10-21(24)15-19)20-13-12-17(3)23(16-20)25-14-6-2/h6-16,25H,5H2,1-4H3/b11-7-,14-6-,22-18-. The van der Waals surface area contributed by atoms with Crippen LogP contribution in [0.1, 0.15) is 43.9 Å². The van der Waals surface area contributed by atoms with Crippen molar-refractivity contribution in [2.45, 2.75) is 34.1 Å². The van der Waals surface area contributed by atoms with Gasteiger partial charge in [0.15, 0.2) is 0 Å². The van der Waals surface area contributed by atoms with E-state index < -0.39 is 0 Å². The van der Waals surface area contributed by atoms with E-state index in [4.69, 9.17) is 11.6 Å². The summed E-state index contributed by atoms with van der Waals surface area (Å²) in [6.07, 6.45) is 9.36. The molecule has 0 spiro atoms. The highest BCUT2D eigenvalue weighted by atomic mass is 35.5. The van der Waals surface area contributed by atoms with E-state index in [0.717, 1.165) is 22.7 Å². The van der Waals surface area contributed by atoms with E-state index in [1.807, 2.05) is 37.4 Å². The van der Waals surface area contributed by atoms with Crippen molar-refractivity contribution in [3.63, 3.8) is 0 Å². The lowest BCUT2D eigenvalue weighted by Crippen LogP contribution is -1.94. The molecule has 0 aliphatic rings. The van der Waals surface area contributed by atoms with E-state index in [-0.39, 0.29) is 0 Å². The lowest BCUT2D eigenvalue weighted by Gasteiger charge is -2.13. The zero-order valence-electron chi connectivity index (χ0n) is 15.4. The Bertz CT molecular complexity index is 813. The van der Waals surface area contributed by atoms with Crippen molar-refractivity contribution < 1.29 is 0 Å². The monoisotopic (exact) mass is 351 g/mol. The van der Waals surface area contributed by atoms with Gasteiger partial charge in [-0.2, -0.15) is 0 Å². The minimum absolute atomic E-state index is 0.759. The Labute approximate surface area is 156 Å². The number of anilines is 1. The summed E-state index contributed by atoms with van der Waals surface area (Å²) in [5, 5.41) is 4.11. The first-order valence-electron chi connectivity index (χ1n) is 8.69. The van der Waals surface area contributed by atoms with Crippen LogP contribution in [0, 0.1) is 6.92 Å². The van der Waals surface area contributed by atoms with Crippen LogP contribution in [0.15, 0.2) is 66.9 Å². The summed E-state index contributed by atoms with van der Waals surface area (Å²) >= 11 is 6.19. The van der Waals surface area contributed by atoms with Gasteiger partial charge in [-0.05, 0) is 79.4 Å². The van der Waals surface area contributed by atoms with Gasteiger partial charge in [0.05, 0.1) is 0 Å². The molecular weight excluding hydrogens is 326 g/mol. The molecule has 0 aliphatic carbocycles. The molecule has 0 heterocycles. The van der Waals surface area contributed by atoms with Crippen LogP contribution in [-0.2, 0) is 0 Å². The third kappa shape index (κ3) is 5.11. The second-order valence-electron chi connectivity index (χ2n) is 6.03. The van der Waals surface area contributed by atoms with Crippen molar-refractivity contribution in [3.8, 4) is 0 Å². The van der Waals surface area contributed by atoms with Gasteiger partial charge < -0.3 is 5.32 Å². The normalized spacial score (nSPS) is 12.7. The Hall–Kier alpha value is -2.25.